The van der Waals surface area contributed by atoms with E-state index >= 15 is 0 Å². The smallest absolute Gasteiger partial charge is 0.349 e. The number of allylic oxidation sites excluding steroid dienone is 1. The Labute approximate surface area is 179 Å². The number of thiophene rings is 1. The van der Waals surface area contributed by atoms with Crippen molar-refractivity contribution in [3.8, 4) is 17.2 Å². The molecule has 1 aromatic heterocycles. The Bertz CT molecular complexity index is 1110. The van der Waals surface area contributed by atoms with Crippen LogP contribution in [0.1, 0.15) is 14.5 Å². The minimum atomic E-state index is -4.62. The van der Waals surface area contributed by atoms with Crippen LogP contribution >= 0.6 is 23.1 Å². The summed E-state index contributed by atoms with van der Waals surface area (Å²) in [6.07, 6.45) is -2.93. The maximum absolute atomic E-state index is 13.6. The zero-order valence-electron chi connectivity index (χ0n) is 15.7. The molecule has 0 saturated carbocycles. The fraction of sp³-hybridized carbons (Fsp3) is 0.0909. The van der Waals surface area contributed by atoms with Crippen molar-refractivity contribution < 1.29 is 18.0 Å². The summed E-state index contributed by atoms with van der Waals surface area (Å²) >= 11 is 1.49. The van der Waals surface area contributed by atoms with Crippen molar-refractivity contribution in [2.75, 3.05) is 11.6 Å². The van der Waals surface area contributed by atoms with Crippen LogP contribution in [-0.4, -0.2) is 12.0 Å². The second-order valence-corrected chi connectivity index (χ2v) is 7.93. The Morgan fingerprint density at radius 3 is 2.20 bits per heavy atom. The molecule has 0 unspecified atom stereocenters. The van der Waals surface area contributed by atoms with Gasteiger partial charge in [-0.15, -0.1) is 23.1 Å². The van der Waals surface area contributed by atoms with Gasteiger partial charge in [0.25, 0.3) is 0 Å². The van der Waals surface area contributed by atoms with E-state index in [0.717, 1.165) is 11.8 Å². The maximum Gasteiger partial charge on any atom is 0.426 e. The Hall–Kier alpha value is -3.02. The highest BCUT2D eigenvalue weighted by molar-refractivity contribution is 8.02. The highest BCUT2D eigenvalue weighted by Gasteiger charge is 2.37. The first-order valence-electron chi connectivity index (χ1n) is 8.66. The van der Waals surface area contributed by atoms with Crippen LogP contribution in [0.5, 0.6) is 0 Å². The number of benzene rings is 2. The standard InChI is InChI=1S/C22H15F3N2OS2/c1-29-21(27-15-10-6-3-7-11-15)17(13-26)19(28)18-12-16(14-8-4-2-5-9-14)20(30-18)22(23,24)25/h2-12,27H,1H3/b21-17+. The molecule has 30 heavy (non-hydrogen) atoms. The van der Waals surface area contributed by atoms with Gasteiger partial charge in [0, 0.05) is 11.3 Å². The van der Waals surface area contributed by atoms with Gasteiger partial charge in [-0.1, -0.05) is 48.5 Å². The summed E-state index contributed by atoms with van der Waals surface area (Å²) in [4.78, 5) is 12.0. The number of alkyl halides is 3. The van der Waals surface area contributed by atoms with E-state index in [1.54, 1.807) is 60.9 Å². The number of ketones is 1. The number of carbonyl (C=O) groups excluding carboxylic acids is 1. The number of hydrogen-bond donors (Lipinski definition) is 1. The van der Waals surface area contributed by atoms with Gasteiger partial charge in [0.05, 0.1) is 9.91 Å². The molecule has 0 aliphatic carbocycles. The molecule has 3 rings (SSSR count). The average molecular weight is 445 g/mol. The zero-order valence-corrected chi connectivity index (χ0v) is 17.3. The monoisotopic (exact) mass is 444 g/mol. The third-order valence-corrected chi connectivity index (χ3v) is 5.99. The summed E-state index contributed by atoms with van der Waals surface area (Å²) in [6.45, 7) is 0. The highest BCUT2D eigenvalue weighted by atomic mass is 32.2. The number of rotatable bonds is 6. The fourth-order valence-corrected chi connectivity index (χ4v) is 4.30. The molecule has 0 amide bonds. The molecule has 0 aliphatic rings. The molecule has 0 radical (unpaired) electrons. The number of halogens is 3. The third kappa shape index (κ3) is 4.75. The quantitative estimate of drug-likeness (QED) is 0.257. The van der Waals surface area contributed by atoms with Crippen LogP contribution in [0.4, 0.5) is 18.9 Å². The largest absolute Gasteiger partial charge is 0.426 e. The predicted molar refractivity (Wildman–Crippen MR) is 115 cm³/mol. The van der Waals surface area contributed by atoms with Crippen molar-refractivity contribution in [1.82, 2.24) is 0 Å². The first-order chi connectivity index (χ1) is 14.3. The number of hydrogen-bond acceptors (Lipinski definition) is 5. The van der Waals surface area contributed by atoms with Crippen molar-refractivity contribution in [2.24, 2.45) is 0 Å². The van der Waals surface area contributed by atoms with Crippen LogP contribution in [-0.2, 0) is 6.18 Å². The number of Topliss-reactive ketones (excluding diaryl/α,β-unsaturated/α-hetero) is 1. The minimum absolute atomic E-state index is 0.0736. The number of nitrogens with one attached hydrogen (secondary N) is 1. The first kappa shape index (κ1) is 21.7. The van der Waals surface area contributed by atoms with Gasteiger partial charge in [0.15, 0.2) is 0 Å². The molecule has 1 heterocycles. The van der Waals surface area contributed by atoms with Crippen LogP contribution in [0.2, 0.25) is 0 Å². The van der Waals surface area contributed by atoms with E-state index in [2.05, 4.69) is 5.32 Å². The van der Waals surface area contributed by atoms with Gasteiger partial charge in [-0.2, -0.15) is 18.4 Å². The molecule has 3 nitrogen and oxygen atoms in total. The van der Waals surface area contributed by atoms with Crippen LogP contribution < -0.4 is 5.32 Å². The van der Waals surface area contributed by atoms with Gasteiger partial charge in [0.1, 0.15) is 16.5 Å². The van der Waals surface area contributed by atoms with Gasteiger partial charge < -0.3 is 5.32 Å². The molecule has 0 bridgehead atoms. The Balaban J connectivity index is 2.06. The number of carbonyl (C=O) groups is 1. The second kappa shape index (κ2) is 9.20. The molecule has 8 heteroatoms. The molecule has 1 N–H and O–H groups in total. The van der Waals surface area contributed by atoms with Crippen LogP contribution in [0.3, 0.4) is 0 Å². The number of nitrogens with zero attached hydrogens (tertiary/aromatic N) is 1. The Morgan fingerprint density at radius 1 is 1.07 bits per heavy atom. The van der Waals surface area contributed by atoms with E-state index in [1.807, 2.05) is 12.1 Å². The maximum atomic E-state index is 13.6. The van der Waals surface area contributed by atoms with Crippen molar-refractivity contribution in [2.45, 2.75) is 6.18 Å². The molecule has 152 valence electrons. The minimum Gasteiger partial charge on any atom is -0.349 e. The average Bonchev–Trinajstić information content (AvgIpc) is 3.21. The van der Waals surface area contributed by atoms with Crippen molar-refractivity contribution in [3.63, 3.8) is 0 Å². The lowest BCUT2D eigenvalue weighted by molar-refractivity contribution is -0.133. The molecule has 0 atom stereocenters. The van der Waals surface area contributed by atoms with Crippen molar-refractivity contribution in [3.05, 3.63) is 87.1 Å². The number of thioether (sulfide) groups is 1. The molecule has 0 fully saturated rings. The molecular formula is C22H15F3N2OS2. The van der Waals surface area contributed by atoms with Crippen LogP contribution in [0.15, 0.2) is 77.3 Å². The molecule has 0 spiro atoms. The van der Waals surface area contributed by atoms with Crippen molar-refractivity contribution in [1.29, 1.82) is 5.26 Å². The lowest BCUT2D eigenvalue weighted by Gasteiger charge is -2.10. The molecule has 0 saturated heterocycles. The van der Waals surface area contributed by atoms with E-state index in [0.29, 0.717) is 22.6 Å². The number of anilines is 1. The van der Waals surface area contributed by atoms with Crippen LogP contribution in [0.25, 0.3) is 11.1 Å². The Kier molecular flexibility index (Phi) is 6.65. The highest BCUT2D eigenvalue weighted by Crippen LogP contribution is 2.43. The first-order valence-corrected chi connectivity index (χ1v) is 10.7. The second-order valence-electron chi connectivity index (χ2n) is 6.06. The topological polar surface area (TPSA) is 52.9 Å². The lowest BCUT2D eigenvalue weighted by atomic mass is 10.0. The molecule has 3 aromatic rings. The van der Waals surface area contributed by atoms with E-state index in [4.69, 9.17) is 0 Å². The van der Waals surface area contributed by atoms with E-state index in [-0.39, 0.29) is 21.0 Å². The van der Waals surface area contributed by atoms with Gasteiger partial charge in [0.2, 0.25) is 5.78 Å². The summed E-state index contributed by atoms with van der Waals surface area (Å²) in [7, 11) is 0. The summed E-state index contributed by atoms with van der Waals surface area (Å²) in [6, 6.07) is 20.0. The van der Waals surface area contributed by atoms with Crippen molar-refractivity contribution >= 4 is 34.6 Å². The van der Waals surface area contributed by atoms with Crippen LogP contribution in [0, 0.1) is 11.3 Å². The van der Waals surface area contributed by atoms with Gasteiger partial charge >= 0.3 is 6.18 Å². The van der Waals surface area contributed by atoms with Gasteiger partial charge in [-0.3, -0.25) is 4.79 Å². The zero-order chi connectivity index (χ0) is 21.7. The Morgan fingerprint density at radius 2 is 1.67 bits per heavy atom. The fourth-order valence-electron chi connectivity index (χ4n) is 2.74. The third-order valence-electron chi connectivity index (χ3n) is 4.10. The summed E-state index contributed by atoms with van der Waals surface area (Å²) in [5, 5.41) is 12.9. The molecular weight excluding hydrogens is 429 g/mol. The predicted octanol–water partition coefficient (Wildman–Crippen LogP) is 6.83. The normalized spacial score (nSPS) is 12.1. The summed E-state index contributed by atoms with van der Waals surface area (Å²) < 4.78 is 40.8. The number of nitriles is 1. The number of para-hydroxylation sites is 1. The summed E-state index contributed by atoms with van der Waals surface area (Å²) in [5.74, 6) is -0.747. The summed E-state index contributed by atoms with van der Waals surface area (Å²) in [5.41, 5.74) is 0.709. The van der Waals surface area contributed by atoms with E-state index in [1.165, 1.54) is 6.07 Å². The lowest BCUT2D eigenvalue weighted by Crippen LogP contribution is -2.08. The SMILES string of the molecule is CS/C(Nc1ccccc1)=C(\C#N)C(=O)c1cc(-c2ccccc2)c(C(F)(F)F)s1. The van der Waals surface area contributed by atoms with E-state index in [9.17, 15) is 23.2 Å². The molecule has 2 aromatic carbocycles. The van der Waals surface area contributed by atoms with Gasteiger partial charge in [-0.25, -0.2) is 0 Å². The van der Waals surface area contributed by atoms with E-state index < -0.39 is 16.8 Å². The molecule has 0 aliphatic heterocycles. The van der Waals surface area contributed by atoms with Gasteiger partial charge in [-0.05, 0) is 30.0 Å².